The van der Waals surface area contributed by atoms with Gasteiger partial charge in [-0.3, -0.25) is 9.89 Å². The summed E-state index contributed by atoms with van der Waals surface area (Å²) in [6.07, 6.45) is 5.85. The van der Waals surface area contributed by atoms with E-state index in [0.717, 1.165) is 43.7 Å². The second-order valence-electron chi connectivity index (χ2n) is 7.19. The Bertz CT molecular complexity index is 947. The molecule has 3 heterocycles. The zero-order valence-electron chi connectivity index (χ0n) is 15.5. The van der Waals surface area contributed by atoms with Crippen molar-refractivity contribution >= 4 is 16.9 Å². The van der Waals surface area contributed by atoms with Crippen LogP contribution in [-0.4, -0.2) is 44.1 Å². The van der Waals surface area contributed by atoms with Gasteiger partial charge >= 0.3 is 0 Å². The number of aryl methyl sites for hydroxylation is 2. The van der Waals surface area contributed by atoms with Gasteiger partial charge in [0, 0.05) is 37.5 Å². The number of piperidine rings is 1. The van der Waals surface area contributed by atoms with Crippen LogP contribution in [0.25, 0.3) is 11.0 Å². The number of fused-ring (bicyclic) bond motifs is 1. The number of carbonyl (C=O) groups is 1. The molecule has 3 aromatic rings. The first-order valence-corrected chi connectivity index (χ1v) is 9.58. The molecule has 1 amide bonds. The maximum absolute atomic E-state index is 13.3. The molecular formula is C20H24FN5O. The highest BCUT2D eigenvalue weighted by atomic mass is 19.1. The van der Waals surface area contributed by atoms with E-state index >= 15 is 0 Å². The fourth-order valence-corrected chi connectivity index (χ4v) is 3.93. The van der Waals surface area contributed by atoms with Crippen LogP contribution in [0.4, 0.5) is 4.39 Å². The molecule has 0 aliphatic carbocycles. The quantitative estimate of drug-likeness (QED) is 0.724. The van der Waals surface area contributed by atoms with Crippen molar-refractivity contribution in [2.24, 2.45) is 0 Å². The van der Waals surface area contributed by atoms with Crippen LogP contribution in [0.3, 0.4) is 0 Å². The van der Waals surface area contributed by atoms with Crippen LogP contribution in [0.1, 0.15) is 49.2 Å². The first-order valence-electron chi connectivity index (χ1n) is 9.58. The maximum atomic E-state index is 13.3. The van der Waals surface area contributed by atoms with Gasteiger partial charge in [-0.1, -0.05) is 6.92 Å². The molecule has 1 saturated heterocycles. The van der Waals surface area contributed by atoms with Gasteiger partial charge in [-0.05, 0) is 43.0 Å². The third-order valence-corrected chi connectivity index (χ3v) is 5.38. The van der Waals surface area contributed by atoms with Crippen LogP contribution in [0.2, 0.25) is 0 Å². The molecule has 0 unspecified atom stereocenters. The number of nitrogens with zero attached hydrogens (tertiary/aromatic N) is 3. The topological polar surface area (TPSA) is 77.7 Å². The summed E-state index contributed by atoms with van der Waals surface area (Å²) >= 11 is 0. The minimum absolute atomic E-state index is 0.143. The molecule has 7 heteroatoms. The second kappa shape index (κ2) is 7.50. The molecule has 1 aromatic carbocycles. The monoisotopic (exact) mass is 369 g/mol. The molecule has 0 saturated carbocycles. The van der Waals surface area contributed by atoms with Crippen molar-refractivity contribution in [3.63, 3.8) is 0 Å². The molecule has 1 atom stereocenters. The van der Waals surface area contributed by atoms with Gasteiger partial charge in [-0.15, -0.1) is 0 Å². The first-order chi connectivity index (χ1) is 13.1. The van der Waals surface area contributed by atoms with Crippen molar-refractivity contribution in [3.8, 4) is 0 Å². The number of rotatable bonds is 5. The number of benzene rings is 1. The summed E-state index contributed by atoms with van der Waals surface area (Å²) in [7, 11) is 0. The average molecular weight is 369 g/mol. The summed E-state index contributed by atoms with van der Waals surface area (Å²) in [6.45, 7) is 3.66. The normalized spacial score (nSPS) is 17.6. The summed E-state index contributed by atoms with van der Waals surface area (Å²) < 4.78 is 13.3. The van der Waals surface area contributed by atoms with Crippen LogP contribution in [-0.2, 0) is 17.6 Å². The molecular weight excluding hydrogens is 345 g/mol. The van der Waals surface area contributed by atoms with E-state index < -0.39 is 0 Å². The smallest absolute Gasteiger partial charge is 0.223 e. The van der Waals surface area contributed by atoms with E-state index in [1.807, 2.05) is 11.1 Å². The number of likely N-dealkylation sites (tertiary alicyclic amines) is 1. The molecule has 1 aliphatic rings. The van der Waals surface area contributed by atoms with Crippen molar-refractivity contribution in [2.75, 3.05) is 13.1 Å². The zero-order valence-corrected chi connectivity index (χ0v) is 15.5. The standard InChI is InChI=1S/C20H24FN5O/c1-2-13-11-22-25-20(13)14-4-3-9-26(12-14)19(27)8-7-18-23-16-6-5-15(21)10-17(16)24-18/h5-6,10-11,14H,2-4,7-9,12H2,1H3,(H,22,25)(H,23,24)/t14-/m0/s1. The molecule has 4 rings (SSSR count). The van der Waals surface area contributed by atoms with E-state index in [1.54, 1.807) is 6.07 Å². The molecule has 1 fully saturated rings. The van der Waals surface area contributed by atoms with Gasteiger partial charge in [-0.25, -0.2) is 9.37 Å². The van der Waals surface area contributed by atoms with E-state index in [2.05, 4.69) is 27.1 Å². The number of imidazole rings is 1. The fourth-order valence-electron chi connectivity index (χ4n) is 3.93. The average Bonchev–Trinajstić information content (AvgIpc) is 3.32. The van der Waals surface area contributed by atoms with Crippen LogP contribution < -0.4 is 0 Å². The highest BCUT2D eigenvalue weighted by Gasteiger charge is 2.27. The number of hydrogen-bond acceptors (Lipinski definition) is 3. The molecule has 0 bridgehead atoms. The van der Waals surface area contributed by atoms with Gasteiger partial charge < -0.3 is 9.88 Å². The highest BCUT2D eigenvalue weighted by molar-refractivity contribution is 5.77. The minimum atomic E-state index is -0.293. The van der Waals surface area contributed by atoms with Gasteiger partial charge in [0.15, 0.2) is 0 Å². The SMILES string of the molecule is CCc1cn[nH]c1[C@H]1CCCN(C(=O)CCc2nc3ccc(F)cc3[nH]2)C1. The lowest BCUT2D eigenvalue weighted by Gasteiger charge is -2.32. The molecule has 0 radical (unpaired) electrons. The Morgan fingerprint density at radius 3 is 3.15 bits per heavy atom. The van der Waals surface area contributed by atoms with E-state index in [1.165, 1.54) is 23.4 Å². The molecule has 1 aliphatic heterocycles. The lowest BCUT2D eigenvalue weighted by molar-refractivity contribution is -0.132. The molecule has 27 heavy (non-hydrogen) atoms. The van der Waals surface area contributed by atoms with E-state index in [4.69, 9.17) is 0 Å². The van der Waals surface area contributed by atoms with E-state index in [-0.39, 0.29) is 11.7 Å². The highest BCUT2D eigenvalue weighted by Crippen LogP contribution is 2.28. The number of nitrogens with one attached hydrogen (secondary N) is 2. The number of carbonyl (C=O) groups excluding carboxylic acids is 1. The summed E-state index contributed by atoms with van der Waals surface area (Å²) in [6, 6.07) is 4.47. The van der Waals surface area contributed by atoms with Gasteiger partial charge in [0.25, 0.3) is 0 Å². The lowest BCUT2D eigenvalue weighted by atomic mass is 9.92. The summed E-state index contributed by atoms with van der Waals surface area (Å²) in [5.74, 6) is 0.899. The Balaban J connectivity index is 1.38. The number of aromatic amines is 2. The molecule has 142 valence electrons. The number of aromatic nitrogens is 4. The molecule has 2 aromatic heterocycles. The Morgan fingerprint density at radius 1 is 1.41 bits per heavy atom. The van der Waals surface area contributed by atoms with Crippen LogP contribution >= 0.6 is 0 Å². The van der Waals surface area contributed by atoms with Crippen molar-refractivity contribution < 1.29 is 9.18 Å². The van der Waals surface area contributed by atoms with Crippen LogP contribution in [0.5, 0.6) is 0 Å². The van der Waals surface area contributed by atoms with Crippen molar-refractivity contribution in [2.45, 2.75) is 44.9 Å². The fraction of sp³-hybridized carbons (Fsp3) is 0.450. The van der Waals surface area contributed by atoms with Crippen molar-refractivity contribution in [3.05, 3.63) is 47.3 Å². The van der Waals surface area contributed by atoms with Crippen LogP contribution in [0, 0.1) is 5.82 Å². The third kappa shape index (κ3) is 3.72. The maximum Gasteiger partial charge on any atom is 0.223 e. The summed E-state index contributed by atoms with van der Waals surface area (Å²) in [4.78, 5) is 22.2. The number of halogens is 1. The van der Waals surface area contributed by atoms with E-state index in [9.17, 15) is 9.18 Å². The van der Waals surface area contributed by atoms with Crippen molar-refractivity contribution in [1.29, 1.82) is 0 Å². The molecule has 0 spiro atoms. The predicted molar refractivity (Wildman–Crippen MR) is 101 cm³/mol. The Hall–Kier alpha value is -2.70. The number of hydrogen-bond donors (Lipinski definition) is 2. The lowest BCUT2D eigenvalue weighted by Crippen LogP contribution is -2.39. The molecule has 6 nitrogen and oxygen atoms in total. The van der Waals surface area contributed by atoms with Gasteiger partial charge in [0.2, 0.25) is 5.91 Å². The Labute approximate surface area is 157 Å². The van der Waals surface area contributed by atoms with E-state index in [0.29, 0.717) is 24.3 Å². The largest absolute Gasteiger partial charge is 0.342 e. The van der Waals surface area contributed by atoms with Gasteiger partial charge in [0.1, 0.15) is 11.6 Å². The zero-order chi connectivity index (χ0) is 18.8. The van der Waals surface area contributed by atoms with Gasteiger partial charge in [0.05, 0.1) is 17.2 Å². The predicted octanol–water partition coefficient (Wildman–Crippen LogP) is 3.33. The second-order valence-corrected chi connectivity index (χ2v) is 7.19. The number of amides is 1. The third-order valence-electron chi connectivity index (χ3n) is 5.38. The van der Waals surface area contributed by atoms with Crippen LogP contribution in [0.15, 0.2) is 24.4 Å². The summed E-state index contributed by atoms with van der Waals surface area (Å²) in [5, 5.41) is 7.30. The van der Waals surface area contributed by atoms with Crippen molar-refractivity contribution in [1.82, 2.24) is 25.1 Å². The Morgan fingerprint density at radius 2 is 2.30 bits per heavy atom. The Kier molecular flexibility index (Phi) is 4.92. The first kappa shape index (κ1) is 17.7. The van der Waals surface area contributed by atoms with Gasteiger partial charge in [-0.2, -0.15) is 5.10 Å². The molecule has 2 N–H and O–H groups in total. The summed E-state index contributed by atoms with van der Waals surface area (Å²) in [5.41, 5.74) is 3.81. The number of H-pyrrole nitrogens is 2. The minimum Gasteiger partial charge on any atom is -0.342 e.